The molecule has 0 unspecified atom stereocenters. The van der Waals surface area contributed by atoms with E-state index in [2.05, 4.69) is 4.98 Å². The van der Waals surface area contributed by atoms with Gasteiger partial charge in [-0.25, -0.2) is 4.98 Å². The molecule has 0 aliphatic rings. The smallest absolute Gasteiger partial charge is 0.219 e. The number of para-hydroxylation sites is 2. The van der Waals surface area contributed by atoms with Crippen LogP contribution in [0.2, 0.25) is 0 Å². The van der Waals surface area contributed by atoms with Crippen LogP contribution in [0, 0.1) is 0 Å². The van der Waals surface area contributed by atoms with Crippen LogP contribution in [0.25, 0.3) is 0 Å². The molecule has 0 saturated heterocycles. The molecule has 4 heteroatoms. The lowest BCUT2D eigenvalue weighted by Crippen LogP contribution is -1.95. The molecule has 94 valence electrons. The van der Waals surface area contributed by atoms with Gasteiger partial charge in [0.15, 0.2) is 11.5 Å². The lowest BCUT2D eigenvalue weighted by molar-refractivity contribution is 0.198. The molecule has 1 atom stereocenters. The van der Waals surface area contributed by atoms with Crippen LogP contribution >= 0.6 is 0 Å². The molecule has 18 heavy (non-hydrogen) atoms. The molecule has 1 aromatic carbocycles. The van der Waals surface area contributed by atoms with E-state index < -0.39 is 6.10 Å². The van der Waals surface area contributed by atoms with Gasteiger partial charge in [0.2, 0.25) is 5.88 Å². The van der Waals surface area contributed by atoms with Crippen molar-refractivity contribution in [3.63, 3.8) is 0 Å². The maximum Gasteiger partial charge on any atom is 0.219 e. The Kier molecular flexibility index (Phi) is 3.79. The highest BCUT2D eigenvalue weighted by Crippen LogP contribution is 2.30. The van der Waals surface area contributed by atoms with Crippen molar-refractivity contribution in [2.75, 3.05) is 7.11 Å². The van der Waals surface area contributed by atoms with Crippen molar-refractivity contribution in [1.29, 1.82) is 0 Å². The number of nitrogens with zero attached hydrogens (tertiary/aromatic N) is 1. The van der Waals surface area contributed by atoms with Crippen molar-refractivity contribution in [3.8, 4) is 17.4 Å². The van der Waals surface area contributed by atoms with Gasteiger partial charge in [0, 0.05) is 12.3 Å². The van der Waals surface area contributed by atoms with Crippen LogP contribution in [-0.2, 0) is 0 Å². The fourth-order valence-corrected chi connectivity index (χ4v) is 1.52. The zero-order valence-corrected chi connectivity index (χ0v) is 10.3. The molecule has 4 nitrogen and oxygen atoms in total. The summed E-state index contributed by atoms with van der Waals surface area (Å²) in [6, 6.07) is 10.9. The number of pyridine rings is 1. The summed E-state index contributed by atoms with van der Waals surface area (Å²) < 4.78 is 10.8. The largest absolute Gasteiger partial charge is 0.493 e. The van der Waals surface area contributed by atoms with E-state index in [0.29, 0.717) is 17.4 Å². The summed E-state index contributed by atoms with van der Waals surface area (Å²) in [5.74, 6) is 1.72. The number of aliphatic hydroxyl groups excluding tert-OH is 1. The number of aliphatic hydroxyl groups is 1. The molecule has 2 rings (SSSR count). The zero-order chi connectivity index (χ0) is 13.0. The summed E-state index contributed by atoms with van der Waals surface area (Å²) in [6.07, 6.45) is 1.06. The first-order valence-electron chi connectivity index (χ1n) is 5.65. The summed E-state index contributed by atoms with van der Waals surface area (Å²) in [4.78, 5) is 4.13. The Bertz CT molecular complexity index is 509. The number of hydrogen-bond donors (Lipinski definition) is 1. The Labute approximate surface area is 106 Å². The van der Waals surface area contributed by atoms with E-state index in [0.717, 1.165) is 5.56 Å². The van der Waals surface area contributed by atoms with Crippen LogP contribution in [0.15, 0.2) is 42.6 Å². The quantitative estimate of drug-likeness (QED) is 0.899. The third kappa shape index (κ3) is 2.78. The van der Waals surface area contributed by atoms with Gasteiger partial charge < -0.3 is 14.6 Å². The first-order chi connectivity index (χ1) is 8.70. The average Bonchev–Trinajstić information content (AvgIpc) is 2.40. The molecular formula is C14H15NO3. The van der Waals surface area contributed by atoms with E-state index in [1.54, 1.807) is 32.4 Å². The minimum atomic E-state index is -0.530. The van der Waals surface area contributed by atoms with Crippen LogP contribution in [0.1, 0.15) is 18.6 Å². The Morgan fingerprint density at radius 1 is 1.11 bits per heavy atom. The molecule has 0 fully saturated rings. The van der Waals surface area contributed by atoms with E-state index in [1.165, 1.54) is 0 Å². The number of rotatable bonds is 4. The molecule has 0 radical (unpaired) electrons. The summed E-state index contributed by atoms with van der Waals surface area (Å²) in [5, 5.41) is 9.39. The first-order valence-corrected chi connectivity index (χ1v) is 5.65. The Hall–Kier alpha value is -2.07. The third-order valence-electron chi connectivity index (χ3n) is 2.53. The van der Waals surface area contributed by atoms with Gasteiger partial charge in [-0.15, -0.1) is 0 Å². The predicted octanol–water partition coefficient (Wildman–Crippen LogP) is 2.94. The van der Waals surface area contributed by atoms with Crippen molar-refractivity contribution in [3.05, 3.63) is 48.2 Å². The lowest BCUT2D eigenvalue weighted by Gasteiger charge is -2.10. The molecule has 0 spiro atoms. The van der Waals surface area contributed by atoms with Crippen molar-refractivity contribution in [1.82, 2.24) is 4.98 Å². The predicted molar refractivity (Wildman–Crippen MR) is 67.9 cm³/mol. The fourth-order valence-electron chi connectivity index (χ4n) is 1.52. The highest BCUT2D eigenvalue weighted by molar-refractivity contribution is 5.41. The van der Waals surface area contributed by atoms with Gasteiger partial charge in [-0.05, 0) is 30.7 Å². The van der Waals surface area contributed by atoms with E-state index in [-0.39, 0.29) is 0 Å². The van der Waals surface area contributed by atoms with Crippen LogP contribution in [-0.4, -0.2) is 17.2 Å². The van der Waals surface area contributed by atoms with Crippen molar-refractivity contribution < 1.29 is 14.6 Å². The van der Waals surface area contributed by atoms with Gasteiger partial charge >= 0.3 is 0 Å². The molecule has 1 heterocycles. The summed E-state index contributed by atoms with van der Waals surface area (Å²) >= 11 is 0. The average molecular weight is 245 g/mol. The maximum atomic E-state index is 9.39. The number of aromatic nitrogens is 1. The second-order valence-corrected chi connectivity index (χ2v) is 3.86. The van der Waals surface area contributed by atoms with Crippen LogP contribution in [0.5, 0.6) is 17.4 Å². The lowest BCUT2D eigenvalue weighted by atomic mass is 10.2. The third-order valence-corrected chi connectivity index (χ3v) is 2.53. The van der Waals surface area contributed by atoms with Gasteiger partial charge in [-0.2, -0.15) is 0 Å². The van der Waals surface area contributed by atoms with Gasteiger partial charge in [-0.1, -0.05) is 12.1 Å². The van der Waals surface area contributed by atoms with E-state index in [9.17, 15) is 5.11 Å². The Balaban J connectivity index is 2.18. The number of methoxy groups -OCH3 is 1. The topological polar surface area (TPSA) is 51.6 Å². The molecule has 0 aliphatic heterocycles. The summed E-state index contributed by atoms with van der Waals surface area (Å²) in [7, 11) is 1.59. The highest BCUT2D eigenvalue weighted by Gasteiger charge is 2.06. The van der Waals surface area contributed by atoms with Crippen molar-refractivity contribution in [2.45, 2.75) is 13.0 Å². The standard InChI is InChI=1S/C14H15NO3/c1-10(16)11-7-8-14(15-9-11)18-13-6-4-3-5-12(13)17-2/h3-10,16H,1-2H3/t10-/m0/s1. The van der Waals surface area contributed by atoms with E-state index >= 15 is 0 Å². The zero-order valence-electron chi connectivity index (χ0n) is 10.3. The second kappa shape index (κ2) is 5.51. The molecule has 1 N–H and O–H groups in total. The molecule has 0 bridgehead atoms. The van der Waals surface area contributed by atoms with Crippen molar-refractivity contribution >= 4 is 0 Å². The van der Waals surface area contributed by atoms with Crippen molar-refractivity contribution in [2.24, 2.45) is 0 Å². The second-order valence-electron chi connectivity index (χ2n) is 3.86. The van der Waals surface area contributed by atoms with E-state index in [4.69, 9.17) is 9.47 Å². The van der Waals surface area contributed by atoms with Crippen LogP contribution < -0.4 is 9.47 Å². The van der Waals surface area contributed by atoms with Gasteiger partial charge in [0.1, 0.15) is 0 Å². The number of benzene rings is 1. The molecule has 1 aromatic heterocycles. The van der Waals surface area contributed by atoms with Crippen LogP contribution in [0.4, 0.5) is 0 Å². The fraction of sp³-hybridized carbons (Fsp3) is 0.214. The molecule has 0 aliphatic carbocycles. The molecule has 0 saturated carbocycles. The minimum Gasteiger partial charge on any atom is -0.493 e. The highest BCUT2D eigenvalue weighted by atomic mass is 16.5. The monoisotopic (exact) mass is 245 g/mol. The Morgan fingerprint density at radius 3 is 2.39 bits per heavy atom. The molecular weight excluding hydrogens is 230 g/mol. The maximum absolute atomic E-state index is 9.39. The SMILES string of the molecule is COc1ccccc1Oc1ccc([C@H](C)O)cn1. The molecule has 2 aromatic rings. The summed E-state index contributed by atoms with van der Waals surface area (Å²) in [5.41, 5.74) is 0.752. The van der Waals surface area contributed by atoms with Gasteiger partial charge in [-0.3, -0.25) is 0 Å². The molecule has 0 amide bonds. The minimum absolute atomic E-state index is 0.462. The normalized spacial score (nSPS) is 11.9. The van der Waals surface area contributed by atoms with E-state index in [1.807, 2.05) is 24.3 Å². The number of hydrogen-bond acceptors (Lipinski definition) is 4. The number of ether oxygens (including phenoxy) is 2. The first kappa shape index (κ1) is 12.4. The van der Waals surface area contributed by atoms with Gasteiger partial charge in [0.05, 0.1) is 13.2 Å². The van der Waals surface area contributed by atoms with Gasteiger partial charge in [0.25, 0.3) is 0 Å². The van der Waals surface area contributed by atoms with Crippen LogP contribution in [0.3, 0.4) is 0 Å². The summed E-state index contributed by atoms with van der Waals surface area (Å²) in [6.45, 7) is 1.69. The Morgan fingerprint density at radius 2 is 1.83 bits per heavy atom.